The second-order valence-electron chi connectivity index (χ2n) is 5.16. The number of halogens is 1. The third-order valence-corrected chi connectivity index (χ3v) is 6.01. The Morgan fingerprint density at radius 2 is 2.00 bits per heavy atom. The normalized spacial score (nSPS) is 57.2. The number of rotatable bonds is 0. The molecule has 0 aliphatic heterocycles. The monoisotopic (exact) mass is 228 g/mol. The molecule has 0 saturated heterocycles. The van der Waals surface area contributed by atoms with Crippen LogP contribution in [-0.4, -0.2) is 4.32 Å². The Kier molecular flexibility index (Phi) is 1.63. The first-order valence-electron chi connectivity index (χ1n) is 5.47. The predicted molar refractivity (Wildman–Crippen MR) is 54.4 cm³/mol. The zero-order valence-corrected chi connectivity index (χ0v) is 9.15. The lowest BCUT2D eigenvalue weighted by Crippen LogP contribution is -2.41. The minimum Gasteiger partial charge on any atom is -0.0850 e. The maximum Gasteiger partial charge on any atom is 0.0289 e. The maximum atomic E-state index is 4.04. The first-order chi connectivity index (χ1) is 5.78. The van der Waals surface area contributed by atoms with Gasteiger partial charge in [0, 0.05) is 4.32 Å². The van der Waals surface area contributed by atoms with E-state index in [2.05, 4.69) is 15.9 Å². The van der Waals surface area contributed by atoms with Gasteiger partial charge in [0.1, 0.15) is 0 Å². The van der Waals surface area contributed by atoms with Gasteiger partial charge < -0.3 is 0 Å². The summed E-state index contributed by atoms with van der Waals surface area (Å²) in [5.41, 5.74) is 0. The van der Waals surface area contributed by atoms with Crippen molar-refractivity contribution in [1.82, 2.24) is 0 Å². The van der Waals surface area contributed by atoms with Crippen LogP contribution in [0.4, 0.5) is 0 Å². The average molecular weight is 229 g/mol. The van der Waals surface area contributed by atoms with Gasteiger partial charge in [-0.15, -0.1) is 0 Å². The molecule has 4 atom stereocenters. The Balaban J connectivity index is 1.94. The Morgan fingerprint density at radius 3 is 2.92 bits per heavy atom. The lowest BCUT2D eigenvalue weighted by molar-refractivity contribution is 0.142. The molecule has 12 heavy (non-hydrogen) atoms. The minimum atomic E-state index is 0.600. The summed E-state index contributed by atoms with van der Waals surface area (Å²) in [6.07, 6.45) is 10.6. The van der Waals surface area contributed by atoms with Crippen LogP contribution in [0.3, 0.4) is 0 Å². The van der Waals surface area contributed by atoms with Gasteiger partial charge in [-0.1, -0.05) is 28.8 Å². The van der Waals surface area contributed by atoms with Crippen molar-refractivity contribution >= 4 is 15.9 Å². The second-order valence-corrected chi connectivity index (χ2v) is 6.74. The van der Waals surface area contributed by atoms with Crippen LogP contribution >= 0.6 is 15.9 Å². The van der Waals surface area contributed by atoms with Crippen molar-refractivity contribution < 1.29 is 0 Å². The molecule has 0 spiro atoms. The first-order valence-corrected chi connectivity index (χ1v) is 6.26. The summed E-state index contributed by atoms with van der Waals surface area (Å²) in [6.45, 7) is 0. The van der Waals surface area contributed by atoms with Crippen molar-refractivity contribution in [2.75, 3.05) is 0 Å². The summed E-state index contributed by atoms with van der Waals surface area (Å²) in [7, 11) is 0. The van der Waals surface area contributed by atoms with Crippen LogP contribution in [0, 0.1) is 17.8 Å². The van der Waals surface area contributed by atoms with Crippen LogP contribution in [0.15, 0.2) is 0 Å². The largest absolute Gasteiger partial charge is 0.0850 e. The molecule has 68 valence electrons. The molecule has 0 nitrogen and oxygen atoms in total. The molecule has 0 aromatic rings. The van der Waals surface area contributed by atoms with E-state index in [0.717, 1.165) is 17.8 Å². The van der Waals surface area contributed by atoms with Crippen LogP contribution in [-0.2, 0) is 0 Å². The Hall–Kier alpha value is 0.480. The average Bonchev–Trinajstić information content (AvgIpc) is 2.49. The third kappa shape index (κ3) is 0.950. The van der Waals surface area contributed by atoms with Crippen molar-refractivity contribution in [2.24, 2.45) is 17.8 Å². The van der Waals surface area contributed by atoms with E-state index in [1.165, 1.54) is 32.1 Å². The summed E-state index contributed by atoms with van der Waals surface area (Å²) >= 11 is 4.04. The minimum absolute atomic E-state index is 0.600. The van der Waals surface area contributed by atoms with Gasteiger partial charge >= 0.3 is 0 Å². The fraction of sp³-hybridized carbons (Fsp3) is 1.00. The molecule has 0 radical (unpaired) electrons. The van der Waals surface area contributed by atoms with E-state index in [0.29, 0.717) is 4.32 Å². The number of alkyl halides is 1. The predicted octanol–water partition coefficient (Wildman–Crippen LogP) is 3.74. The molecule has 1 heteroatoms. The third-order valence-electron chi connectivity index (χ3n) is 4.64. The fourth-order valence-electron chi connectivity index (χ4n) is 3.99. The summed E-state index contributed by atoms with van der Waals surface area (Å²) in [4.78, 5) is 0. The lowest BCUT2D eigenvalue weighted by Gasteiger charge is -2.46. The number of hydrogen-bond acceptors (Lipinski definition) is 0. The summed E-state index contributed by atoms with van der Waals surface area (Å²) in [5.74, 6) is 3.26. The smallest absolute Gasteiger partial charge is 0.0289 e. The molecule has 3 saturated carbocycles. The van der Waals surface area contributed by atoms with Crippen LogP contribution in [0.1, 0.15) is 44.9 Å². The molecule has 0 aromatic heterocycles. The lowest BCUT2D eigenvalue weighted by atomic mass is 9.66. The highest BCUT2D eigenvalue weighted by atomic mass is 79.9. The van der Waals surface area contributed by atoms with Gasteiger partial charge in [-0.3, -0.25) is 0 Å². The molecule has 3 aliphatic rings. The van der Waals surface area contributed by atoms with Crippen LogP contribution in [0.25, 0.3) is 0 Å². The van der Waals surface area contributed by atoms with E-state index in [-0.39, 0.29) is 0 Å². The molecular weight excluding hydrogens is 212 g/mol. The standard InChI is InChI=1S/C11H17Br/c12-11-5-1-2-9(7-11)8-3-4-10(11)6-8/h8-10H,1-7H2. The topological polar surface area (TPSA) is 0 Å². The molecule has 0 heterocycles. The molecule has 0 aromatic carbocycles. The molecular formula is C11H17Br. The van der Waals surface area contributed by atoms with E-state index in [1.807, 2.05) is 0 Å². The van der Waals surface area contributed by atoms with Crippen LogP contribution < -0.4 is 0 Å². The van der Waals surface area contributed by atoms with Gasteiger partial charge in [-0.05, 0) is 49.9 Å². The van der Waals surface area contributed by atoms with Gasteiger partial charge in [-0.25, -0.2) is 0 Å². The van der Waals surface area contributed by atoms with Crippen molar-refractivity contribution in [3.05, 3.63) is 0 Å². The van der Waals surface area contributed by atoms with Crippen LogP contribution in [0.5, 0.6) is 0 Å². The van der Waals surface area contributed by atoms with E-state index in [4.69, 9.17) is 0 Å². The van der Waals surface area contributed by atoms with Gasteiger partial charge in [0.2, 0.25) is 0 Å². The quantitative estimate of drug-likeness (QED) is 0.555. The highest BCUT2D eigenvalue weighted by molar-refractivity contribution is 9.10. The summed E-state index contributed by atoms with van der Waals surface area (Å²) < 4.78 is 0.600. The van der Waals surface area contributed by atoms with E-state index in [9.17, 15) is 0 Å². The van der Waals surface area contributed by atoms with Gasteiger partial charge in [0.15, 0.2) is 0 Å². The number of hydrogen-bond donors (Lipinski definition) is 0. The molecule has 0 N–H and O–H groups in total. The molecule has 4 unspecified atom stereocenters. The van der Waals surface area contributed by atoms with Gasteiger partial charge in [-0.2, -0.15) is 0 Å². The molecule has 4 bridgehead atoms. The molecule has 3 fully saturated rings. The van der Waals surface area contributed by atoms with Crippen molar-refractivity contribution in [1.29, 1.82) is 0 Å². The molecule has 3 aliphatic carbocycles. The first kappa shape index (κ1) is 7.84. The van der Waals surface area contributed by atoms with Gasteiger partial charge in [0.25, 0.3) is 0 Å². The molecule has 0 amide bonds. The van der Waals surface area contributed by atoms with E-state index >= 15 is 0 Å². The fourth-order valence-corrected chi connectivity index (χ4v) is 5.10. The highest BCUT2D eigenvalue weighted by Gasteiger charge is 2.50. The summed E-state index contributed by atoms with van der Waals surface area (Å²) in [5, 5.41) is 0. The van der Waals surface area contributed by atoms with Crippen molar-refractivity contribution in [3.63, 3.8) is 0 Å². The van der Waals surface area contributed by atoms with Gasteiger partial charge in [0.05, 0.1) is 0 Å². The zero-order chi connectivity index (χ0) is 8.18. The zero-order valence-electron chi connectivity index (χ0n) is 7.56. The van der Waals surface area contributed by atoms with Crippen molar-refractivity contribution in [3.8, 4) is 0 Å². The Bertz CT molecular complexity index is 201. The van der Waals surface area contributed by atoms with E-state index in [1.54, 1.807) is 12.8 Å². The highest BCUT2D eigenvalue weighted by Crippen LogP contribution is 2.59. The second kappa shape index (κ2) is 2.50. The Labute approximate surface area is 83.2 Å². The Morgan fingerprint density at radius 1 is 1.08 bits per heavy atom. The van der Waals surface area contributed by atoms with Crippen LogP contribution in [0.2, 0.25) is 0 Å². The number of fused-ring (bicyclic) bond motifs is 6. The van der Waals surface area contributed by atoms with Crippen molar-refractivity contribution in [2.45, 2.75) is 49.3 Å². The SMILES string of the molecule is BrC12CCCC(C1)C1CCC2C1. The summed E-state index contributed by atoms with van der Waals surface area (Å²) in [6, 6.07) is 0. The molecule has 3 rings (SSSR count). The maximum absolute atomic E-state index is 4.04. The van der Waals surface area contributed by atoms with E-state index < -0.39 is 0 Å².